The Labute approximate surface area is 106 Å². The average Bonchev–Trinajstić information content (AvgIpc) is 2.74. The van der Waals surface area contributed by atoms with E-state index in [9.17, 15) is 23.5 Å². The number of hydrogen-bond donors (Lipinski definition) is 2. The molecule has 102 valence electrons. The summed E-state index contributed by atoms with van der Waals surface area (Å²) in [7, 11) is 0. The summed E-state index contributed by atoms with van der Waals surface area (Å²) >= 11 is 0. The van der Waals surface area contributed by atoms with Gasteiger partial charge in [0, 0.05) is 19.2 Å². The molecule has 1 aromatic heterocycles. The predicted octanol–water partition coefficient (Wildman–Crippen LogP) is 0.0198. The van der Waals surface area contributed by atoms with Crippen LogP contribution in [-0.2, 0) is 4.79 Å². The maximum absolute atomic E-state index is 13.4. The topological polar surface area (TPSA) is 90.7 Å². The van der Waals surface area contributed by atoms with Gasteiger partial charge in [-0.25, -0.2) is 14.2 Å². The molecule has 1 saturated heterocycles. The number of aliphatic carboxylic acids is 1. The van der Waals surface area contributed by atoms with Gasteiger partial charge >= 0.3 is 5.97 Å². The van der Waals surface area contributed by atoms with Gasteiger partial charge < -0.3 is 15.1 Å². The summed E-state index contributed by atoms with van der Waals surface area (Å²) in [5, 5.41) is 18.3. The lowest BCUT2D eigenvalue weighted by molar-refractivity contribution is -0.141. The Balaban J connectivity index is 2.33. The number of aromatic nitrogens is 1. The SMILES string of the molecule is O=C(O)C1CC(O)CN1C(=O)c1ccnc(F)c1F. The molecule has 2 atom stereocenters. The Morgan fingerprint density at radius 3 is 2.74 bits per heavy atom. The molecule has 8 heteroatoms. The van der Waals surface area contributed by atoms with Crippen LogP contribution in [0, 0.1) is 11.8 Å². The Morgan fingerprint density at radius 2 is 2.11 bits per heavy atom. The number of β-amino-alcohol motifs (C(OH)–C–C–N with tert-alkyl or cyclic N) is 1. The van der Waals surface area contributed by atoms with E-state index in [-0.39, 0.29) is 13.0 Å². The second kappa shape index (κ2) is 4.88. The number of carboxylic acid groups (broad SMARTS) is 1. The number of aliphatic hydroxyl groups excluding tert-OH is 1. The molecular formula is C11H10F2N2O4. The minimum absolute atomic E-state index is 0.143. The van der Waals surface area contributed by atoms with E-state index < -0.39 is 41.4 Å². The molecule has 0 radical (unpaired) electrons. The number of carbonyl (C=O) groups is 2. The van der Waals surface area contributed by atoms with E-state index in [1.54, 1.807) is 0 Å². The molecule has 1 aliphatic heterocycles. The molecule has 1 fully saturated rings. The molecule has 2 N–H and O–H groups in total. The van der Waals surface area contributed by atoms with Gasteiger partial charge in [0.2, 0.25) is 5.95 Å². The van der Waals surface area contributed by atoms with Gasteiger partial charge in [-0.05, 0) is 6.07 Å². The van der Waals surface area contributed by atoms with Gasteiger partial charge in [-0.2, -0.15) is 4.39 Å². The molecule has 2 heterocycles. The number of amides is 1. The summed E-state index contributed by atoms with van der Waals surface area (Å²) in [6, 6.07) is -0.289. The Hall–Kier alpha value is -2.09. The molecule has 2 rings (SSSR count). The van der Waals surface area contributed by atoms with E-state index in [0.717, 1.165) is 17.2 Å². The standard InChI is InChI=1S/C11H10F2N2O4/c12-8-6(1-2-14-9(8)13)10(17)15-4-5(16)3-7(15)11(18)19/h1-2,5,7,16H,3-4H2,(H,18,19). The van der Waals surface area contributed by atoms with Gasteiger partial charge in [0.1, 0.15) is 6.04 Å². The normalized spacial score (nSPS) is 22.6. The summed E-state index contributed by atoms with van der Waals surface area (Å²) in [6.45, 7) is -0.237. The molecule has 2 unspecified atom stereocenters. The summed E-state index contributed by atoms with van der Waals surface area (Å²) in [5.74, 6) is -5.15. The molecule has 0 aromatic carbocycles. The van der Waals surface area contributed by atoms with Crippen LogP contribution in [0.25, 0.3) is 0 Å². The van der Waals surface area contributed by atoms with E-state index in [4.69, 9.17) is 5.11 Å². The number of nitrogens with zero attached hydrogens (tertiary/aromatic N) is 2. The summed E-state index contributed by atoms with van der Waals surface area (Å²) in [4.78, 5) is 26.8. The Bertz CT molecular complexity index is 537. The van der Waals surface area contributed by atoms with Crippen molar-refractivity contribution in [2.75, 3.05) is 6.54 Å². The summed E-state index contributed by atoms with van der Waals surface area (Å²) in [6.07, 6.45) is -0.232. The fourth-order valence-corrected chi connectivity index (χ4v) is 2.01. The van der Waals surface area contributed by atoms with Gasteiger partial charge in [0.25, 0.3) is 5.91 Å². The van der Waals surface area contributed by atoms with Crippen molar-refractivity contribution in [1.82, 2.24) is 9.88 Å². The van der Waals surface area contributed by atoms with Crippen LogP contribution in [0.3, 0.4) is 0 Å². The van der Waals surface area contributed by atoms with Crippen LogP contribution in [0.1, 0.15) is 16.8 Å². The van der Waals surface area contributed by atoms with E-state index in [1.165, 1.54) is 0 Å². The van der Waals surface area contributed by atoms with Crippen molar-refractivity contribution in [3.05, 3.63) is 29.6 Å². The van der Waals surface area contributed by atoms with Crippen molar-refractivity contribution in [2.24, 2.45) is 0 Å². The number of halogens is 2. The molecule has 0 spiro atoms. The van der Waals surface area contributed by atoms with E-state index in [1.807, 2.05) is 0 Å². The second-order valence-electron chi connectivity index (χ2n) is 4.16. The molecule has 1 aromatic rings. The first-order valence-corrected chi connectivity index (χ1v) is 5.43. The van der Waals surface area contributed by atoms with E-state index in [2.05, 4.69) is 4.98 Å². The first-order chi connectivity index (χ1) is 8.91. The lowest BCUT2D eigenvalue weighted by Gasteiger charge is -2.21. The molecule has 1 aliphatic rings. The molecule has 0 bridgehead atoms. The fraction of sp³-hybridized carbons (Fsp3) is 0.364. The van der Waals surface area contributed by atoms with Gasteiger partial charge in [-0.3, -0.25) is 4.79 Å². The van der Waals surface area contributed by atoms with Crippen LogP contribution in [-0.4, -0.2) is 50.7 Å². The Kier molecular flexibility index (Phi) is 3.43. The minimum atomic E-state index is -1.43. The van der Waals surface area contributed by atoms with Crippen LogP contribution < -0.4 is 0 Å². The third-order valence-corrected chi connectivity index (χ3v) is 2.90. The van der Waals surface area contributed by atoms with Crippen molar-refractivity contribution in [3.8, 4) is 0 Å². The van der Waals surface area contributed by atoms with Gasteiger partial charge in [0.05, 0.1) is 11.7 Å². The van der Waals surface area contributed by atoms with Crippen molar-refractivity contribution in [1.29, 1.82) is 0 Å². The highest BCUT2D eigenvalue weighted by Gasteiger charge is 2.40. The van der Waals surface area contributed by atoms with Gasteiger partial charge in [-0.1, -0.05) is 0 Å². The third-order valence-electron chi connectivity index (χ3n) is 2.90. The van der Waals surface area contributed by atoms with Crippen LogP contribution in [0.2, 0.25) is 0 Å². The quantitative estimate of drug-likeness (QED) is 0.741. The number of carboxylic acids is 1. The van der Waals surface area contributed by atoms with Crippen molar-refractivity contribution in [2.45, 2.75) is 18.6 Å². The average molecular weight is 272 g/mol. The van der Waals surface area contributed by atoms with Crippen molar-refractivity contribution < 1.29 is 28.6 Å². The molecule has 0 aliphatic carbocycles. The summed E-state index contributed by atoms with van der Waals surface area (Å²) < 4.78 is 26.4. The second-order valence-corrected chi connectivity index (χ2v) is 4.16. The van der Waals surface area contributed by atoms with Gasteiger partial charge in [0.15, 0.2) is 5.82 Å². The molecule has 1 amide bonds. The number of carbonyl (C=O) groups excluding carboxylic acids is 1. The van der Waals surface area contributed by atoms with Gasteiger partial charge in [-0.15, -0.1) is 0 Å². The molecule has 0 saturated carbocycles. The zero-order valence-electron chi connectivity index (χ0n) is 9.58. The predicted molar refractivity (Wildman–Crippen MR) is 57.2 cm³/mol. The van der Waals surface area contributed by atoms with E-state index >= 15 is 0 Å². The van der Waals surface area contributed by atoms with E-state index in [0.29, 0.717) is 0 Å². The van der Waals surface area contributed by atoms with Crippen LogP contribution >= 0.6 is 0 Å². The highest BCUT2D eigenvalue weighted by Crippen LogP contribution is 2.22. The van der Waals surface area contributed by atoms with Crippen molar-refractivity contribution in [3.63, 3.8) is 0 Å². The monoisotopic (exact) mass is 272 g/mol. The smallest absolute Gasteiger partial charge is 0.326 e. The van der Waals surface area contributed by atoms with Crippen molar-refractivity contribution >= 4 is 11.9 Å². The lowest BCUT2D eigenvalue weighted by Crippen LogP contribution is -2.41. The van der Waals surface area contributed by atoms with Crippen LogP contribution in [0.15, 0.2) is 12.3 Å². The number of likely N-dealkylation sites (tertiary alicyclic amines) is 1. The number of aliphatic hydroxyl groups is 1. The highest BCUT2D eigenvalue weighted by molar-refractivity contribution is 5.97. The molecule has 19 heavy (non-hydrogen) atoms. The maximum Gasteiger partial charge on any atom is 0.326 e. The zero-order chi connectivity index (χ0) is 14.2. The fourth-order valence-electron chi connectivity index (χ4n) is 2.01. The number of rotatable bonds is 2. The largest absolute Gasteiger partial charge is 0.480 e. The molecule has 6 nitrogen and oxygen atoms in total. The Morgan fingerprint density at radius 1 is 1.42 bits per heavy atom. The zero-order valence-corrected chi connectivity index (χ0v) is 9.58. The summed E-state index contributed by atoms with van der Waals surface area (Å²) in [5.41, 5.74) is -0.604. The first-order valence-electron chi connectivity index (χ1n) is 5.43. The van der Waals surface area contributed by atoms with Crippen LogP contribution in [0.5, 0.6) is 0 Å². The van der Waals surface area contributed by atoms with Crippen LogP contribution in [0.4, 0.5) is 8.78 Å². The first kappa shape index (κ1) is 13.3. The molecular weight excluding hydrogens is 262 g/mol. The minimum Gasteiger partial charge on any atom is -0.480 e. The maximum atomic E-state index is 13.4. The third kappa shape index (κ3) is 2.39. The number of hydrogen-bond acceptors (Lipinski definition) is 4. The highest BCUT2D eigenvalue weighted by atomic mass is 19.2. The lowest BCUT2D eigenvalue weighted by atomic mass is 10.2. The number of pyridine rings is 1.